The van der Waals surface area contributed by atoms with Crippen molar-refractivity contribution in [3.8, 4) is 10.4 Å². The van der Waals surface area contributed by atoms with E-state index in [-0.39, 0.29) is 23.6 Å². The monoisotopic (exact) mass is 486 g/mol. The minimum atomic E-state index is -0.278. The zero-order chi connectivity index (χ0) is 23.9. The molecule has 7 nitrogen and oxygen atoms in total. The number of carbonyl (C=O) groups is 2. The predicted molar refractivity (Wildman–Crippen MR) is 135 cm³/mol. The maximum absolute atomic E-state index is 13.7. The number of hydrogen-bond donors (Lipinski definition) is 1. The number of aryl methyl sites for hydroxylation is 1. The van der Waals surface area contributed by atoms with E-state index in [0.717, 1.165) is 46.7 Å². The highest BCUT2D eigenvalue weighted by Crippen LogP contribution is 2.45. The van der Waals surface area contributed by atoms with Gasteiger partial charge in [-0.2, -0.15) is 0 Å². The summed E-state index contributed by atoms with van der Waals surface area (Å²) >= 11 is 1.65. The second-order valence-corrected chi connectivity index (χ2v) is 10.5. The van der Waals surface area contributed by atoms with Gasteiger partial charge in [-0.3, -0.25) is 9.59 Å². The fourth-order valence-corrected chi connectivity index (χ4v) is 5.92. The molecule has 0 unspecified atom stereocenters. The molecule has 6 rings (SSSR count). The molecule has 2 fully saturated rings. The van der Waals surface area contributed by atoms with Crippen molar-refractivity contribution >= 4 is 34.1 Å². The molecule has 0 spiro atoms. The summed E-state index contributed by atoms with van der Waals surface area (Å²) in [4.78, 5) is 34.3. The van der Waals surface area contributed by atoms with Gasteiger partial charge >= 0.3 is 0 Å². The van der Waals surface area contributed by atoms with Crippen LogP contribution in [0.4, 0.5) is 0 Å². The Labute approximate surface area is 207 Å². The smallest absolute Gasteiger partial charge is 0.274 e. The Morgan fingerprint density at radius 2 is 1.94 bits per heavy atom. The number of nitrogens with one attached hydrogen (secondary N) is 1. The Hall–Kier alpha value is -3.52. The van der Waals surface area contributed by atoms with Crippen LogP contribution >= 0.6 is 11.3 Å². The van der Waals surface area contributed by atoms with E-state index in [1.54, 1.807) is 17.4 Å². The number of carbonyl (C=O) groups excluding carboxylic acids is 2. The molecular weight excluding hydrogens is 460 g/mol. The van der Waals surface area contributed by atoms with Crippen molar-refractivity contribution in [3.05, 3.63) is 70.5 Å². The van der Waals surface area contributed by atoms with Gasteiger partial charge in [0.25, 0.3) is 11.8 Å². The van der Waals surface area contributed by atoms with E-state index in [9.17, 15) is 9.59 Å². The maximum Gasteiger partial charge on any atom is 0.274 e. The van der Waals surface area contributed by atoms with Crippen LogP contribution in [-0.4, -0.2) is 46.0 Å². The summed E-state index contributed by atoms with van der Waals surface area (Å²) < 4.78 is 5.28. The molecule has 4 aromatic rings. The van der Waals surface area contributed by atoms with Crippen LogP contribution in [0.3, 0.4) is 0 Å². The standard InChI is InChI=1S/C27H26N4O3S/c1-16-6-4-7-18(14-16)24-23(29-26(35-24)17-11-12-17)27(33)31-13-5-8-19(15-31)28-25(32)22-20-9-2-3-10-21(20)34-30-22/h2-4,6-7,9-10,14,17,19H,5,8,11-13,15H2,1H3,(H,28,32)/t19-/m1/s1. The lowest BCUT2D eigenvalue weighted by Gasteiger charge is -2.32. The van der Waals surface area contributed by atoms with Crippen molar-refractivity contribution in [1.82, 2.24) is 20.4 Å². The average Bonchev–Trinajstić information content (AvgIpc) is 3.47. The summed E-state index contributed by atoms with van der Waals surface area (Å²) in [6.07, 6.45) is 3.90. The molecule has 1 N–H and O–H groups in total. The van der Waals surface area contributed by atoms with Crippen LogP contribution in [0.5, 0.6) is 0 Å². The van der Waals surface area contributed by atoms with E-state index in [1.807, 2.05) is 29.2 Å². The van der Waals surface area contributed by atoms with Crippen molar-refractivity contribution in [2.45, 2.75) is 44.6 Å². The van der Waals surface area contributed by atoms with Crippen LogP contribution in [0.1, 0.15) is 63.1 Å². The van der Waals surface area contributed by atoms with E-state index < -0.39 is 0 Å². The number of hydrogen-bond acceptors (Lipinski definition) is 6. The summed E-state index contributed by atoms with van der Waals surface area (Å²) in [5.74, 6) is 0.144. The number of amides is 2. The van der Waals surface area contributed by atoms with Crippen LogP contribution in [0.15, 0.2) is 53.1 Å². The Morgan fingerprint density at radius 1 is 1.09 bits per heavy atom. The van der Waals surface area contributed by atoms with Crippen LogP contribution < -0.4 is 5.32 Å². The molecule has 1 aliphatic carbocycles. The van der Waals surface area contributed by atoms with Crippen LogP contribution in [0, 0.1) is 6.92 Å². The Balaban J connectivity index is 1.22. The zero-order valence-corrected chi connectivity index (χ0v) is 20.3. The molecule has 178 valence electrons. The number of likely N-dealkylation sites (tertiary alicyclic amines) is 1. The zero-order valence-electron chi connectivity index (χ0n) is 19.5. The largest absolute Gasteiger partial charge is 0.355 e. The van der Waals surface area contributed by atoms with Gasteiger partial charge < -0.3 is 14.7 Å². The van der Waals surface area contributed by atoms with Gasteiger partial charge in [0.05, 0.1) is 15.3 Å². The van der Waals surface area contributed by atoms with Gasteiger partial charge in [0.1, 0.15) is 5.69 Å². The number of thiazole rings is 1. The number of nitrogens with zero attached hydrogens (tertiary/aromatic N) is 3. The molecule has 35 heavy (non-hydrogen) atoms. The summed E-state index contributed by atoms with van der Waals surface area (Å²) in [5, 5.41) is 8.77. The molecule has 2 amide bonds. The summed E-state index contributed by atoms with van der Waals surface area (Å²) in [7, 11) is 0. The van der Waals surface area contributed by atoms with Gasteiger partial charge in [0.15, 0.2) is 11.3 Å². The van der Waals surface area contributed by atoms with Gasteiger partial charge in [-0.25, -0.2) is 4.98 Å². The number of piperidine rings is 1. The molecule has 1 aliphatic heterocycles. The van der Waals surface area contributed by atoms with Gasteiger partial charge in [0, 0.05) is 25.0 Å². The maximum atomic E-state index is 13.7. The number of benzene rings is 2. The first-order chi connectivity index (χ1) is 17.1. The molecule has 3 heterocycles. The SMILES string of the molecule is Cc1cccc(-c2sc(C3CC3)nc2C(=O)N2CCC[C@@H](NC(=O)c3noc4ccccc34)C2)c1. The van der Waals surface area contributed by atoms with Gasteiger partial charge in [0.2, 0.25) is 0 Å². The first-order valence-electron chi connectivity index (χ1n) is 12.1. The topological polar surface area (TPSA) is 88.3 Å². The molecule has 2 aromatic heterocycles. The second kappa shape index (κ2) is 8.92. The van der Waals surface area contributed by atoms with E-state index in [0.29, 0.717) is 35.7 Å². The number of rotatable bonds is 5. The van der Waals surface area contributed by atoms with Gasteiger partial charge in [-0.1, -0.05) is 47.1 Å². The number of fused-ring (bicyclic) bond motifs is 1. The highest BCUT2D eigenvalue weighted by atomic mass is 32.1. The fraction of sp³-hybridized carbons (Fsp3) is 0.333. The van der Waals surface area contributed by atoms with Crippen LogP contribution in [-0.2, 0) is 0 Å². The van der Waals surface area contributed by atoms with Crippen molar-refractivity contribution in [3.63, 3.8) is 0 Å². The predicted octanol–water partition coefficient (Wildman–Crippen LogP) is 5.17. The van der Waals surface area contributed by atoms with Crippen molar-refractivity contribution in [2.24, 2.45) is 0 Å². The molecule has 1 atom stereocenters. The van der Waals surface area contributed by atoms with E-state index in [1.165, 1.54) is 0 Å². The molecular formula is C27H26N4O3S. The van der Waals surface area contributed by atoms with E-state index in [2.05, 4.69) is 35.6 Å². The van der Waals surface area contributed by atoms with Crippen LogP contribution in [0.2, 0.25) is 0 Å². The van der Waals surface area contributed by atoms with Gasteiger partial charge in [-0.05, 0) is 50.3 Å². The first kappa shape index (κ1) is 22.0. The minimum absolute atomic E-state index is 0.0597. The lowest BCUT2D eigenvalue weighted by Crippen LogP contribution is -2.49. The summed E-state index contributed by atoms with van der Waals surface area (Å²) in [5.41, 5.74) is 3.59. The Morgan fingerprint density at radius 3 is 2.77 bits per heavy atom. The normalized spacial score (nSPS) is 18.1. The first-order valence-corrected chi connectivity index (χ1v) is 12.9. The third-order valence-electron chi connectivity index (χ3n) is 6.69. The second-order valence-electron chi connectivity index (χ2n) is 9.46. The molecule has 2 aromatic carbocycles. The van der Waals surface area contributed by atoms with Crippen LogP contribution in [0.25, 0.3) is 21.4 Å². The molecule has 1 saturated heterocycles. The summed E-state index contributed by atoms with van der Waals surface area (Å²) in [6, 6.07) is 15.4. The third kappa shape index (κ3) is 4.34. The van der Waals surface area contributed by atoms with Gasteiger partial charge in [-0.15, -0.1) is 11.3 Å². The minimum Gasteiger partial charge on any atom is -0.355 e. The van der Waals surface area contributed by atoms with Crippen molar-refractivity contribution in [2.75, 3.05) is 13.1 Å². The fourth-order valence-electron chi connectivity index (χ4n) is 4.70. The average molecular weight is 487 g/mol. The molecule has 1 saturated carbocycles. The van der Waals surface area contributed by atoms with Crippen molar-refractivity contribution in [1.29, 1.82) is 0 Å². The van der Waals surface area contributed by atoms with Crippen molar-refractivity contribution < 1.29 is 14.1 Å². The molecule has 2 aliphatic rings. The summed E-state index contributed by atoms with van der Waals surface area (Å²) in [6.45, 7) is 3.16. The lowest BCUT2D eigenvalue weighted by molar-refractivity contribution is 0.0671. The third-order valence-corrected chi connectivity index (χ3v) is 7.96. The number of para-hydroxylation sites is 1. The van der Waals surface area contributed by atoms with E-state index >= 15 is 0 Å². The Kier molecular flexibility index (Phi) is 5.60. The molecule has 0 radical (unpaired) electrons. The quantitative estimate of drug-likeness (QED) is 0.420. The molecule has 8 heteroatoms. The lowest BCUT2D eigenvalue weighted by atomic mass is 10.0. The number of aromatic nitrogens is 2. The Bertz CT molecular complexity index is 1420. The molecule has 0 bridgehead atoms. The highest BCUT2D eigenvalue weighted by Gasteiger charge is 2.33. The van der Waals surface area contributed by atoms with E-state index in [4.69, 9.17) is 9.51 Å². The highest BCUT2D eigenvalue weighted by molar-refractivity contribution is 7.15.